The zero-order chi connectivity index (χ0) is 11.6. The lowest BCUT2D eigenvalue weighted by Crippen LogP contribution is -2.05. The van der Waals surface area contributed by atoms with Gasteiger partial charge in [-0.3, -0.25) is 9.59 Å². The van der Waals surface area contributed by atoms with Crippen molar-refractivity contribution < 1.29 is 18.4 Å². The monoisotopic (exact) mass is 276 g/mol. The number of carbonyl (C=O) groups is 2. The number of ketones is 1. The molecular formula is C10H7BrF2O2. The molecule has 0 aromatic heterocycles. The van der Waals surface area contributed by atoms with Crippen LogP contribution in [0.3, 0.4) is 0 Å². The zero-order valence-electron chi connectivity index (χ0n) is 7.76. The number of Topliss-reactive ketones (excluding diaryl/α,β-unsaturated/α-hetero) is 1. The summed E-state index contributed by atoms with van der Waals surface area (Å²) in [6.07, 6.45) is -2.38. The fraction of sp³-hybridized carbons (Fsp3) is 0.200. The van der Waals surface area contributed by atoms with Gasteiger partial charge in [-0.1, -0.05) is 15.9 Å². The van der Waals surface area contributed by atoms with Crippen LogP contribution in [-0.4, -0.2) is 12.1 Å². The van der Waals surface area contributed by atoms with Crippen molar-refractivity contribution in [1.29, 1.82) is 0 Å². The van der Waals surface area contributed by atoms with Crippen LogP contribution in [0.15, 0.2) is 16.6 Å². The van der Waals surface area contributed by atoms with Crippen LogP contribution in [0, 0.1) is 0 Å². The van der Waals surface area contributed by atoms with Gasteiger partial charge < -0.3 is 0 Å². The summed E-state index contributed by atoms with van der Waals surface area (Å²) in [4.78, 5) is 21.8. The molecular weight excluding hydrogens is 270 g/mol. The lowest BCUT2D eigenvalue weighted by atomic mass is 9.99. The zero-order valence-corrected chi connectivity index (χ0v) is 9.35. The lowest BCUT2D eigenvalue weighted by molar-refractivity contribution is 0.0991. The van der Waals surface area contributed by atoms with Crippen LogP contribution in [0.1, 0.15) is 39.6 Å². The molecule has 1 aromatic carbocycles. The molecule has 2 nitrogen and oxygen atoms in total. The molecule has 1 aromatic rings. The quantitative estimate of drug-likeness (QED) is 0.626. The number of hydrogen-bond donors (Lipinski definition) is 0. The van der Waals surface area contributed by atoms with Gasteiger partial charge in [0.1, 0.15) is 0 Å². The molecule has 0 unspecified atom stereocenters. The first-order valence-corrected chi connectivity index (χ1v) is 4.84. The number of hydrogen-bond acceptors (Lipinski definition) is 2. The van der Waals surface area contributed by atoms with E-state index < -0.39 is 17.8 Å². The Morgan fingerprint density at radius 1 is 1.47 bits per heavy atom. The van der Waals surface area contributed by atoms with Gasteiger partial charge in [-0.25, -0.2) is 8.78 Å². The minimum Gasteiger partial charge on any atom is -0.298 e. The van der Waals surface area contributed by atoms with Crippen LogP contribution in [-0.2, 0) is 0 Å². The van der Waals surface area contributed by atoms with Gasteiger partial charge in [0.05, 0.1) is 0 Å². The summed E-state index contributed by atoms with van der Waals surface area (Å²) >= 11 is 3.00. The van der Waals surface area contributed by atoms with Crippen molar-refractivity contribution in [2.75, 3.05) is 0 Å². The van der Waals surface area contributed by atoms with Crippen molar-refractivity contribution in [2.24, 2.45) is 0 Å². The van der Waals surface area contributed by atoms with Crippen molar-refractivity contribution in [2.45, 2.75) is 13.3 Å². The molecule has 0 heterocycles. The van der Waals surface area contributed by atoms with E-state index in [1.807, 2.05) is 0 Å². The predicted octanol–water partition coefficient (Wildman–Crippen LogP) is 3.40. The molecule has 15 heavy (non-hydrogen) atoms. The van der Waals surface area contributed by atoms with E-state index >= 15 is 0 Å². The first-order chi connectivity index (χ1) is 6.97. The van der Waals surface area contributed by atoms with E-state index in [-0.39, 0.29) is 11.1 Å². The normalized spacial score (nSPS) is 10.5. The number of benzene rings is 1. The highest BCUT2D eigenvalue weighted by molar-refractivity contribution is 9.10. The van der Waals surface area contributed by atoms with Gasteiger partial charge in [-0.2, -0.15) is 0 Å². The fourth-order valence-electron chi connectivity index (χ4n) is 1.32. The van der Waals surface area contributed by atoms with Crippen LogP contribution in [0.4, 0.5) is 8.78 Å². The van der Waals surface area contributed by atoms with Gasteiger partial charge in [0.15, 0.2) is 12.1 Å². The number of halogens is 3. The van der Waals surface area contributed by atoms with E-state index in [1.54, 1.807) is 0 Å². The topological polar surface area (TPSA) is 34.1 Å². The highest BCUT2D eigenvalue weighted by Gasteiger charge is 2.20. The Morgan fingerprint density at radius 3 is 2.47 bits per heavy atom. The molecule has 0 aliphatic carbocycles. The summed E-state index contributed by atoms with van der Waals surface area (Å²) in [5, 5.41) is 0. The van der Waals surface area contributed by atoms with Crippen molar-refractivity contribution in [3.63, 3.8) is 0 Å². The maximum absolute atomic E-state index is 12.6. The van der Waals surface area contributed by atoms with Crippen LogP contribution < -0.4 is 0 Å². The Kier molecular flexibility index (Phi) is 3.68. The average Bonchev–Trinajstić information content (AvgIpc) is 2.15. The first kappa shape index (κ1) is 12.0. The summed E-state index contributed by atoms with van der Waals surface area (Å²) in [6, 6.07) is 2.49. The van der Waals surface area contributed by atoms with Gasteiger partial charge >= 0.3 is 0 Å². The number of carbonyl (C=O) groups excluding carboxylic acids is 2. The van der Waals surface area contributed by atoms with E-state index in [0.29, 0.717) is 10.8 Å². The molecule has 1 rings (SSSR count). The maximum Gasteiger partial charge on any atom is 0.264 e. The van der Waals surface area contributed by atoms with Crippen LogP contribution >= 0.6 is 15.9 Å². The summed E-state index contributed by atoms with van der Waals surface area (Å²) in [7, 11) is 0. The van der Waals surface area contributed by atoms with Gasteiger partial charge in [0.25, 0.3) is 6.43 Å². The first-order valence-electron chi connectivity index (χ1n) is 4.05. The number of rotatable bonds is 3. The van der Waals surface area contributed by atoms with E-state index in [1.165, 1.54) is 6.07 Å². The Bertz CT molecular complexity index is 416. The number of aldehydes is 1. The summed E-state index contributed by atoms with van der Waals surface area (Å²) in [5.74, 6) is -0.542. The van der Waals surface area contributed by atoms with Crippen molar-refractivity contribution in [3.8, 4) is 0 Å². The molecule has 0 N–H and O–H groups in total. The molecule has 0 bridgehead atoms. The van der Waals surface area contributed by atoms with Gasteiger partial charge in [0, 0.05) is 21.2 Å². The Hall–Kier alpha value is -1.10. The summed E-state index contributed by atoms with van der Waals surface area (Å²) in [5.41, 5.74) is -0.644. The molecule has 0 aliphatic rings. The molecule has 0 amide bonds. The molecule has 0 atom stereocenters. The van der Waals surface area contributed by atoms with Crippen LogP contribution in [0.2, 0.25) is 0 Å². The van der Waals surface area contributed by atoms with Crippen molar-refractivity contribution in [3.05, 3.63) is 33.3 Å². The van der Waals surface area contributed by atoms with Gasteiger partial charge in [-0.05, 0) is 19.1 Å². The molecule has 0 fully saturated rings. The molecule has 0 saturated heterocycles. The van der Waals surface area contributed by atoms with Crippen LogP contribution in [0.5, 0.6) is 0 Å². The minimum atomic E-state index is -2.78. The van der Waals surface area contributed by atoms with Gasteiger partial charge in [0.2, 0.25) is 0 Å². The SMILES string of the molecule is CC(=O)c1c(C=O)cc(Br)cc1C(F)F. The third-order valence-corrected chi connectivity index (χ3v) is 2.34. The smallest absolute Gasteiger partial charge is 0.264 e. The van der Waals surface area contributed by atoms with Crippen LogP contribution in [0.25, 0.3) is 0 Å². The molecule has 5 heteroatoms. The fourth-order valence-corrected chi connectivity index (χ4v) is 1.81. The Labute approximate surface area is 93.4 Å². The highest BCUT2D eigenvalue weighted by atomic mass is 79.9. The molecule has 0 saturated carbocycles. The van der Waals surface area contributed by atoms with E-state index in [4.69, 9.17) is 0 Å². The third kappa shape index (κ3) is 2.47. The minimum absolute atomic E-state index is 0.0211. The van der Waals surface area contributed by atoms with Crippen molar-refractivity contribution >= 4 is 28.0 Å². The van der Waals surface area contributed by atoms with E-state index in [2.05, 4.69) is 15.9 Å². The number of alkyl halides is 2. The Balaban J connectivity index is 3.54. The lowest BCUT2D eigenvalue weighted by Gasteiger charge is -2.09. The molecule has 80 valence electrons. The second-order valence-corrected chi connectivity index (χ2v) is 3.85. The highest BCUT2D eigenvalue weighted by Crippen LogP contribution is 2.29. The molecule has 0 radical (unpaired) electrons. The second-order valence-electron chi connectivity index (χ2n) is 2.93. The largest absolute Gasteiger partial charge is 0.298 e. The molecule has 0 aliphatic heterocycles. The maximum atomic E-state index is 12.6. The summed E-state index contributed by atoms with van der Waals surface area (Å²) in [6.45, 7) is 1.15. The Morgan fingerprint density at radius 2 is 2.07 bits per heavy atom. The second kappa shape index (κ2) is 4.61. The van der Waals surface area contributed by atoms with E-state index in [9.17, 15) is 18.4 Å². The standard InChI is InChI=1S/C10H7BrF2O2/c1-5(15)9-6(4-14)2-7(11)3-8(9)10(12)13/h2-4,10H,1H3. The predicted molar refractivity (Wildman–Crippen MR) is 54.5 cm³/mol. The van der Waals surface area contributed by atoms with E-state index in [0.717, 1.165) is 13.0 Å². The van der Waals surface area contributed by atoms with Gasteiger partial charge in [-0.15, -0.1) is 0 Å². The average molecular weight is 277 g/mol. The van der Waals surface area contributed by atoms with Crippen molar-refractivity contribution in [1.82, 2.24) is 0 Å². The molecule has 0 spiro atoms. The summed E-state index contributed by atoms with van der Waals surface area (Å²) < 4.78 is 25.5. The third-order valence-electron chi connectivity index (χ3n) is 1.88.